The Morgan fingerprint density at radius 3 is 2.48 bits per heavy atom. The summed E-state index contributed by atoms with van der Waals surface area (Å²) in [5.41, 5.74) is 3.28. The summed E-state index contributed by atoms with van der Waals surface area (Å²) >= 11 is 0. The zero-order valence-electron chi connectivity index (χ0n) is 13.2. The van der Waals surface area contributed by atoms with E-state index in [1.54, 1.807) is 12.3 Å². The summed E-state index contributed by atoms with van der Waals surface area (Å²) in [6, 6.07) is 15.7. The van der Waals surface area contributed by atoms with Crippen LogP contribution >= 0.6 is 0 Å². The number of benzene rings is 2. The van der Waals surface area contributed by atoms with E-state index >= 15 is 0 Å². The molecule has 0 spiro atoms. The van der Waals surface area contributed by atoms with Crippen molar-refractivity contribution in [2.24, 2.45) is 4.99 Å². The number of hydrogen-bond donors (Lipinski definition) is 1. The highest BCUT2D eigenvalue weighted by atomic mass is 16.5. The first kappa shape index (κ1) is 15.7. The molecule has 2 aromatic carbocycles. The summed E-state index contributed by atoms with van der Waals surface area (Å²) in [4.78, 5) is 6.91. The van der Waals surface area contributed by atoms with Gasteiger partial charge in [0.2, 0.25) is 0 Å². The van der Waals surface area contributed by atoms with Crippen molar-refractivity contribution in [3.05, 3.63) is 65.2 Å². The summed E-state index contributed by atoms with van der Waals surface area (Å²) in [6.45, 7) is 5.15. The van der Waals surface area contributed by atoms with E-state index in [1.165, 1.54) is 11.1 Å². The van der Waals surface area contributed by atoms with Gasteiger partial charge in [-0.1, -0.05) is 36.4 Å². The normalized spacial score (nSPS) is 16.0. The third-order valence-electron chi connectivity index (χ3n) is 4.04. The molecule has 2 aromatic rings. The van der Waals surface area contributed by atoms with Crippen LogP contribution in [-0.4, -0.2) is 42.5 Å². The van der Waals surface area contributed by atoms with Crippen molar-refractivity contribution < 1.29 is 9.84 Å². The van der Waals surface area contributed by atoms with Crippen molar-refractivity contribution in [3.63, 3.8) is 0 Å². The molecular formula is C19H22N2O2. The van der Waals surface area contributed by atoms with Gasteiger partial charge in [-0.05, 0) is 23.3 Å². The number of morpholine rings is 1. The van der Waals surface area contributed by atoms with E-state index < -0.39 is 0 Å². The van der Waals surface area contributed by atoms with Crippen LogP contribution in [0.1, 0.15) is 16.7 Å². The lowest BCUT2D eigenvalue weighted by molar-refractivity contribution is 0.0341. The van der Waals surface area contributed by atoms with Gasteiger partial charge < -0.3 is 9.84 Å². The Labute approximate surface area is 137 Å². The number of hydrogen-bond acceptors (Lipinski definition) is 4. The number of rotatable bonds is 5. The van der Waals surface area contributed by atoms with Crippen molar-refractivity contribution in [1.82, 2.24) is 4.90 Å². The summed E-state index contributed by atoms with van der Waals surface area (Å²) in [7, 11) is 0. The van der Waals surface area contributed by atoms with Crippen molar-refractivity contribution >= 4 is 6.21 Å². The molecule has 1 aliphatic rings. The first-order valence-corrected chi connectivity index (χ1v) is 7.97. The number of phenols is 1. The zero-order chi connectivity index (χ0) is 15.9. The minimum Gasteiger partial charge on any atom is -0.507 e. The van der Waals surface area contributed by atoms with Crippen molar-refractivity contribution in [2.75, 3.05) is 26.3 Å². The highest BCUT2D eigenvalue weighted by molar-refractivity contribution is 5.83. The summed E-state index contributed by atoms with van der Waals surface area (Å²) in [6.07, 6.45) is 1.74. The van der Waals surface area contributed by atoms with E-state index in [0.29, 0.717) is 6.54 Å². The van der Waals surface area contributed by atoms with Gasteiger partial charge in [-0.25, -0.2) is 0 Å². The molecule has 4 nitrogen and oxygen atoms in total. The van der Waals surface area contributed by atoms with Gasteiger partial charge >= 0.3 is 0 Å². The maximum atomic E-state index is 9.77. The molecule has 0 unspecified atom stereocenters. The van der Waals surface area contributed by atoms with Crippen LogP contribution in [0.15, 0.2) is 53.5 Å². The molecule has 1 fully saturated rings. The molecule has 4 heteroatoms. The smallest absolute Gasteiger partial charge is 0.124 e. The van der Waals surface area contributed by atoms with Crippen LogP contribution in [-0.2, 0) is 17.8 Å². The first-order chi connectivity index (χ1) is 11.3. The Morgan fingerprint density at radius 2 is 1.70 bits per heavy atom. The van der Waals surface area contributed by atoms with Crippen molar-refractivity contribution in [2.45, 2.75) is 13.1 Å². The zero-order valence-corrected chi connectivity index (χ0v) is 13.2. The molecule has 23 heavy (non-hydrogen) atoms. The molecule has 0 saturated carbocycles. The lowest BCUT2D eigenvalue weighted by Crippen LogP contribution is -2.35. The highest BCUT2D eigenvalue weighted by Crippen LogP contribution is 2.16. The average Bonchev–Trinajstić information content (AvgIpc) is 2.59. The van der Waals surface area contributed by atoms with Crippen LogP contribution in [0.4, 0.5) is 0 Å². The Bertz CT molecular complexity index is 664. The molecule has 1 saturated heterocycles. The van der Waals surface area contributed by atoms with Gasteiger partial charge in [-0.2, -0.15) is 0 Å². The van der Waals surface area contributed by atoms with Gasteiger partial charge in [0.05, 0.1) is 19.8 Å². The lowest BCUT2D eigenvalue weighted by atomic mass is 10.1. The molecule has 0 bridgehead atoms. The third-order valence-corrected chi connectivity index (χ3v) is 4.04. The second kappa shape index (κ2) is 7.90. The van der Waals surface area contributed by atoms with E-state index in [9.17, 15) is 5.11 Å². The largest absolute Gasteiger partial charge is 0.507 e. The van der Waals surface area contributed by atoms with Gasteiger partial charge in [-0.15, -0.1) is 0 Å². The van der Waals surface area contributed by atoms with E-state index in [-0.39, 0.29) is 5.75 Å². The number of aromatic hydroxyl groups is 1. The van der Waals surface area contributed by atoms with Crippen molar-refractivity contribution in [3.8, 4) is 5.75 Å². The number of phenolic OH excluding ortho intramolecular Hbond substituents is 1. The SMILES string of the molecule is Oc1ccccc1C=NCc1ccccc1CN1CCOCC1. The predicted octanol–water partition coefficient (Wildman–Crippen LogP) is 2.84. The second-order valence-electron chi connectivity index (χ2n) is 5.69. The first-order valence-electron chi connectivity index (χ1n) is 7.97. The third kappa shape index (κ3) is 4.41. The fourth-order valence-electron chi connectivity index (χ4n) is 2.71. The standard InChI is InChI=1S/C19H22N2O2/c22-19-8-4-3-6-17(19)14-20-13-16-5-1-2-7-18(16)15-21-9-11-23-12-10-21/h1-8,14,22H,9-13,15H2. The summed E-state index contributed by atoms with van der Waals surface area (Å²) < 4.78 is 5.40. The van der Waals surface area contributed by atoms with Crippen LogP contribution in [0, 0.1) is 0 Å². The van der Waals surface area contributed by atoms with Gasteiger partial charge in [-0.3, -0.25) is 9.89 Å². The molecule has 0 radical (unpaired) electrons. The fraction of sp³-hybridized carbons (Fsp3) is 0.316. The summed E-state index contributed by atoms with van der Waals surface area (Å²) in [5.74, 6) is 0.262. The molecule has 120 valence electrons. The van der Waals surface area contributed by atoms with Crippen LogP contribution in [0.25, 0.3) is 0 Å². The Hall–Kier alpha value is -2.17. The van der Waals surface area contributed by atoms with Crippen molar-refractivity contribution in [1.29, 1.82) is 0 Å². The van der Waals surface area contributed by atoms with Crippen LogP contribution in [0.2, 0.25) is 0 Å². The van der Waals surface area contributed by atoms with E-state index in [0.717, 1.165) is 38.4 Å². The Morgan fingerprint density at radius 1 is 1.00 bits per heavy atom. The number of aliphatic imine (C=N–C) groups is 1. The molecule has 1 N–H and O–H groups in total. The molecule has 0 aliphatic carbocycles. The maximum Gasteiger partial charge on any atom is 0.124 e. The van der Waals surface area contributed by atoms with E-state index in [1.807, 2.05) is 24.3 Å². The highest BCUT2D eigenvalue weighted by Gasteiger charge is 2.12. The van der Waals surface area contributed by atoms with Gasteiger partial charge in [0.25, 0.3) is 0 Å². The quantitative estimate of drug-likeness (QED) is 0.864. The Kier molecular flexibility index (Phi) is 5.40. The molecule has 0 aromatic heterocycles. The lowest BCUT2D eigenvalue weighted by Gasteiger charge is -2.27. The molecule has 0 atom stereocenters. The predicted molar refractivity (Wildman–Crippen MR) is 91.9 cm³/mol. The molecule has 1 aliphatic heterocycles. The topological polar surface area (TPSA) is 45.1 Å². The second-order valence-corrected chi connectivity index (χ2v) is 5.69. The van der Waals surface area contributed by atoms with Crippen LogP contribution in [0.5, 0.6) is 5.75 Å². The molecular weight excluding hydrogens is 288 g/mol. The van der Waals surface area contributed by atoms with E-state index in [4.69, 9.17) is 4.74 Å². The number of ether oxygens (including phenoxy) is 1. The molecule has 1 heterocycles. The maximum absolute atomic E-state index is 9.77. The molecule has 0 amide bonds. The average molecular weight is 310 g/mol. The minimum absolute atomic E-state index is 0.262. The Balaban J connectivity index is 1.67. The fourth-order valence-corrected chi connectivity index (χ4v) is 2.71. The number of nitrogens with zero attached hydrogens (tertiary/aromatic N) is 2. The molecule has 3 rings (SSSR count). The van der Waals surface area contributed by atoms with Crippen LogP contribution < -0.4 is 0 Å². The van der Waals surface area contributed by atoms with Gasteiger partial charge in [0.15, 0.2) is 0 Å². The monoisotopic (exact) mass is 310 g/mol. The summed E-state index contributed by atoms with van der Waals surface area (Å²) in [5, 5.41) is 9.77. The van der Waals surface area contributed by atoms with Gasteiger partial charge in [0, 0.05) is 31.4 Å². The van der Waals surface area contributed by atoms with Gasteiger partial charge in [0.1, 0.15) is 5.75 Å². The van der Waals surface area contributed by atoms with Crippen LogP contribution in [0.3, 0.4) is 0 Å². The number of para-hydroxylation sites is 1. The minimum atomic E-state index is 0.262. The van der Waals surface area contributed by atoms with E-state index in [2.05, 4.69) is 28.1 Å².